The Morgan fingerprint density at radius 2 is 2.40 bits per heavy atom. The van der Waals surface area contributed by atoms with E-state index in [4.69, 9.17) is 4.74 Å². The number of carbonyl (C=O) groups excluding carboxylic acids is 2. The highest BCUT2D eigenvalue weighted by Gasteiger charge is 2.36. The molecular weight excluding hydrogens is 194 g/mol. The first-order valence-electron chi connectivity index (χ1n) is 5.08. The minimum absolute atomic E-state index is 0.0642. The molecule has 80 valence electrons. The van der Waals surface area contributed by atoms with Gasteiger partial charge in [0, 0.05) is 12.1 Å². The van der Waals surface area contributed by atoms with E-state index in [1.165, 1.54) is 4.90 Å². The summed E-state index contributed by atoms with van der Waals surface area (Å²) in [6, 6.07) is -0.465. The fourth-order valence-electron chi connectivity index (χ4n) is 1.85. The summed E-state index contributed by atoms with van der Waals surface area (Å²) in [5.41, 5.74) is 0. The van der Waals surface area contributed by atoms with E-state index < -0.39 is 12.1 Å². The molecule has 0 saturated carbocycles. The Kier molecular flexibility index (Phi) is 2.58. The zero-order chi connectivity index (χ0) is 10.8. The van der Waals surface area contributed by atoms with E-state index >= 15 is 0 Å². The van der Waals surface area contributed by atoms with Gasteiger partial charge in [0.05, 0.1) is 6.61 Å². The molecule has 1 amide bonds. The summed E-state index contributed by atoms with van der Waals surface area (Å²) in [4.78, 5) is 24.6. The first-order valence-corrected chi connectivity index (χ1v) is 5.08. The predicted octanol–water partition coefficient (Wildman–Crippen LogP) is 1.49. The van der Waals surface area contributed by atoms with Crippen molar-refractivity contribution < 1.29 is 14.3 Å². The van der Waals surface area contributed by atoms with E-state index in [9.17, 15) is 9.59 Å². The third-order valence-electron chi connectivity index (χ3n) is 2.62. The number of fused-ring (bicyclic) bond motifs is 2. The largest absolute Gasteiger partial charge is 0.449 e. The molecule has 2 bridgehead atoms. The number of allylic oxidation sites excluding steroid dienone is 2. The van der Waals surface area contributed by atoms with Crippen molar-refractivity contribution in [3.63, 3.8) is 0 Å². The van der Waals surface area contributed by atoms with Crippen molar-refractivity contribution in [3.8, 4) is 0 Å². The van der Waals surface area contributed by atoms with Crippen LogP contribution in [0.5, 0.6) is 0 Å². The highest BCUT2D eigenvalue weighted by molar-refractivity contribution is 5.94. The number of rotatable bonds is 1. The summed E-state index contributed by atoms with van der Waals surface area (Å²) >= 11 is 0. The maximum Gasteiger partial charge on any atom is 0.414 e. The molecule has 0 aromatic rings. The van der Waals surface area contributed by atoms with Crippen LogP contribution in [0.3, 0.4) is 0 Å². The van der Waals surface area contributed by atoms with Gasteiger partial charge in [-0.2, -0.15) is 0 Å². The van der Waals surface area contributed by atoms with E-state index in [1.807, 2.05) is 6.08 Å². The summed E-state index contributed by atoms with van der Waals surface area (Å²) in [5.74, 6) is 0.0127. The van der Waals surface area contributed by atoms with Gasteiger partial charge in [-0.05, 0) is 13.3 Å². The molecule has 0 aromatic heterocycles. The molecule has 0 radical (unpaired) electrons. The van der Waals surface area contributed by atoms with E-state index in [-0.39, 0.29) is 11.7 Å². The highest BCUT2D eigenvalue weighted by Crippen LogP contribution is 2.25. The number of Topliss-reactive ketones (excluding diaryl/α,β-unsaturated/α-hetero) is 1. The second-order valence-corrected chi connectivity index (χ2v) is 3.57. The fourth-order valence-corrected chi connectivity index (χ4v) is 1.85. The second kappa shape index (κ2) is 3.88. The average molecular weight is 207 g/mol. The van der Waals surface area contributed by atoms with Gasteiger partial charge < -0.3 is 4.74 Å². The van der Waals surface area contributed by atoms with Gasteiger partial charge in [0.15, 0.2) is 5.78 Å². The zero-order valence-corrected chi connectivity index (χ0v) is 8.55. The molecule has 2 aliphatic rings. The van der Waals surface area contributed by atoms with E-state index in [1.54, 1.807) is 25.3 Å². The molecule has 2 unspecified atom stereocenters. The van der Waals surface area contributed by atoms with Crippen molar-refractivity contribution in [2.45, 2.75) is 19.4 Å². The Hall–Kier alpha value is -1.58. The molecule has 4 nitrogen and oxygen atoms in total. The summed E-state index contributed by atoms with van der Waals surface area (Å²) in [5, 5.41) is 0. The van der Waals surface area contributed by atoms with E-state index in [2.05, 4.69) is 0 Å². The monoisotopic (exact) mass is 207 g/mol. The Labute approximate surface area is 88.2 Å². The molecular formula is C11H13NO3. The van der Waals surface area contributed by atoms with Crippen molar-refractivity contribution in [1.29, 1.82) is 0 Å². The number of nitrogens with zero attached hydrogens (tertiary/aromatic N) is 1. The molecule has 2 atom stereocenters. The highest BCUT2D eigenvalue weighted by atomic mass is 16.6. The average Bonchev–Trinajstić information content (AvgIpc) is 2.17. The van der Waals surface area contributed by atoms with Gasteiger partial charge in [-0.15, -0.1) is 0 Å². The van der Waals surface area contributed by atoms with Crippen molar-refractivity contribution in [3.05, 3.63) is 24.4 Å². The van der Waals surface area contributed by atoms with Crippen LogP contribution in [0.25, 0.3) is 0 Å². The molecule has 1 aliphatic carbocycles. The summed E-state index contributed by atoms with van der Waals surface area (Å²) in [6.07, 6.45) is 7.39. The molecule has 15 heavy (non-hydrogen) atoms. The maximum absolute atomic E-state index is 11.8. The summed E-state index contributed by atoms with van der Waals surface area (Å²) in [7, 11) is 0. The van der Waals surface area contributed by atoms with Crippen LogP contribution in [0.1, 0.15) is 13.3 Å². The van der Waals surface area contributed by atoms with Gasteiger partial charge in [0.1, 0.15) is 6.04 Å². The van der Waals surface area contributed by atoms with Gasteiger partial charge in [0.25, 0.3) is 0 Å². The molecule has 0 saturated heterocycles. The van der Waals surface area contributed by atoms with Crippen LogP contribution in [0, 0.1) is 5.92 Å². The van der Waals surface area contributed by atoms with Crippen molar-refractivity contribution >= 4 is 11.9 Å². The molecule has 4 heteroatoms. The Morgan fingerprint density at radius 1 is 1.60 bits per heavy atom. The van der Waals surface area contributed by atoms with Crippen LogP contribution >= 0.6 is 0 Å². The molecule has 0 N–H and O–H groups in total. The van der Waals surface area contributed by atoms with Crippen LogP contribution in [0.15, 0.2) is 24.4 Å². The molecule has 1 aliphatic heterocycles. The molecule has 0 fully saturated rings. The van der Waals surface area contributed by atoms with Crippen molar-refractivity contribution in [1.82, 2.24) is 4.90 Å². The lowest BCUT2D eigenvalue weighted by molar-refractivity contribution is -0.125. The van der Waals surface area contributed by atoms with E-state index in [0.29, 0.717) is 6.61 Å². The molecule has 0 aromatic carbocycles. The third kappa shape index (κ3) is 1.67. The van der Waals surface area contributed by atoms with Gasteiger partial charge in [0.2, 0.25) is 0 Å². The second-order valence-electron chi connectivity index (χ2n) is 3.57. The number of amides is 1. The van der Waals surface area contributed by atoms with Gasteiger partial charge in [-0.25, -0.2) is 4.79 Å². The normalized spacial score (nSPS) is 28.1. The minimum atomic E-state index is -0.465. The Morgan fingerprint density at radius 3 is 3.13 bits per heavy atom. The summed E-state index contributed by atoms with van der Waals surface area (Å²) in [6.45, 7) is 2.06. The van der Waals surface area contributed by atoms with E-state index in [0.717, 1.165) is 6.42 Å². The standard InChI is InChI=1S/C11H13NO3/c1-2-15-11(14)12-7-6-8-4-3-5-9(12)10(8)13/h3,5-9H,2,4H2,1H3. The topological polar surface area (TPSA) is 46.6 Å². The quantitative estimate of drug-likeness (QED) is 0.612. The SMILES string of the molecule is CCOC(=O)N1C=CC2CC=CC1C2=O. The van der Waals surface area contributed by atoms with Crippen molar-refractivity contribution in [2.24, 2.45) is 5.92 Å². The molecule has 1 heterocycles. The van der Waals surface area contributed by atoms with Crippen molar-refractivity contribution in [2.75, 3.05) is 6.61 Å². The Bertz CT molecular complexity index is 346. The predicted molar refractivity (Wildman–Crippen MR) is 54.0 cm³/mol. The lowest BCUT2D eigenvalue weighted by Gasteiger charge is -2.33. The lowest BCUT2D eigenvalue weighted by Crippen LogP contribution is -2.47. The van der Waals surface area contributed by atoms with Crippen LogP contribution in [-0.4, -0.2) is 29.4 Å². The number of carbonyl (C=O) groups is 2. The lowest BCUT2D eigenvalue weighted by atomic mass is 9.86. The zero-order valence-electron chi connectivity index (χ0n) is 8.55. The van der Waals surface area contributed by atoms with Crippen LogP contribution < -0.4 is 0 Å². The smallest absolute Gasteiger partial charge is 0.414 e. The Balaban J connectivity index is 2.21. The fraction of sp³-hybridized carbons (Fsp3) is 0.455. The first-order chi connectivity index (χ1) is 7.24. The van der Waals surface area contributed by atoms with Gasteiger partial charge >= 0.3 is 6.09 Å². The maximum atomic E-state index is 11.8. The molecule has 2 rings (SSSR count). The van der Waals surface area contributed by atoms with Crippen LogP contribution in [-0.2, 0) is 9.53 Å². The number of hydrogen-bond acceptors (Lipinski definition) is 3. The number of ketones is 1. The number of hydrogen-bond donors (Lipinski definition) is 0. The van der Waals surface area contributed by atoms with Crippen LogP contribution in [0.4, 0.5) is 4.79 Å². The summed E-state index contributed by atoms with van der Waals surface area (Å²) < 4.78 is 4.87. The first kappa shape index (κ1) is 9.96. The van der Waals surface area contributed by atoms with Crippen LogP contribution in [0.2, 0.25) is 0 Å². The molecule has 0 spiro atoms. The third-order valence-corrected chi connectivity index (χ3v) is 2.62. The van der Waals surface area contributed by atoms with Gasteiger partial charge in [-0.3, -0.25) is 9.69 Å². The minimum Gasteiger partial charge on any atom is -0.449 e. The van der Waals surface area contributed by atoms with Gasteiger partial charge in [-0.1, -0.05) is 18.2 Å². The number of ether oxygens (including phenoxy) is 1.